The van der Waals surface area contributed by atoms with Gasteiger partial charge in [-0.05, 0) is 24.6 Å². The number of aromatic nitrogens is 3. The molecule has 2 aromatic heterocycles. The number of aliphatic imine (C=N–C) groups is 1. The lowest BCUT2D eigenvalue weighted by molar-refractivity contribution is 0.261. The minimum absolute atomic E-state index is 0. The van der Waals surface area contributed by atoms with Gasteiger partial charge in [-0.2, -0.15) is 5.10 Å². The van der Waals surface area contributed by atoms with E-state index in [-0.39, 0.29) is 36.1 Å². The number of halogens is 1. The molecule has 3 aromatic rings. The molecule has 2 atom stereocenters. The molecule has 164 valence electrons. The Balaban J connectivity index is 0.00000231. The SMILES string of the molecule is I.c1coc(CCN=C(NC2CCc3ncnn3C2)NC2CCOc3ccccc32)c1. The Morgan fingerprint density at radius 1 is 1.16 bits per heavy atom. The van der Waals surface area contributed by atoms with Gasteiger partial charge in [-0.15, -0.1) is 24.0 Å². The Kier molecular flexibility index (Phi) is 7.10. The summed E-state index contributed by atoms with van der Waals surface area (Å²) < 4.78 is 13.2. The fraction of sp³-hybridized carbons (Fsp3) is 0.409. The Labute approximate surface area is 198 Å². The summed E-state index contributed by atoms with van der Waals surface area (Å²) in [6.07, 6.45) is 6.91. The summed E-state index contributed by atoms with van der Waals surface area (Å²) in [6.45, 7) is 2.13. The largest absolute Gasteiger partial charge is 0.493 e. The third kappa shape index (κ3) is 5.20. The smallest absolute Gasteiger partial charge is 0.192 e. The molecule has 2 N–H and O–H groups in total. The second kappa shape index (κ2) is 10.2. The molecule has 4 heterocycles. The van der Waals surface area contributed by atoms with Crippen molar-refractivity contribution in [1.82, 2.24) is 25.4 Å². The molecule has 31 heavy (non-hydrogen) atoms. The number of aryl methyl sites for hydroxylation is 1. The van der Waals surface area contributed by atoms with Crippen molar-refractivity contribution >= 4 is 29.9 Å². The zero-order chi connectivity index (χ0) is 20.2. The van der Waals surface area contributed by atoms with Gasteiger partial charge in [0, 0.05) is 37.4 Å². The van der Waals surface area contributed by atoms with E-state index in [1.54, 1.807) is 12.6 Å². The number of fused-ring (bicyclic) bond motifs is 2. The Hall–Kier alpha value is -2.56. The average molecular weight is 534 g/mol. The maximum absolute atomic E-state index is 5.81. The quantitative estimate of drug-likeness (QED) is 0.297. The molecular weight excluding hydrogens is 507 g/mol. The number of ether oxygens (including phenoxy) is 1. The zero-order valence-electron chi connectivity index (χ0n) is 17.2. The number of para-hydroxylation sites is 1. The number of furan rings is 1. The molecule has 0 fully saturated rings. The van der Waals surface area contributed by atoms with Crippen LogP contribution in [0.25, 0.3) is 0 Å². The average Bonchev–Trinajstić information content (AvgIpc) is 3.45. The van der Waals surface area contributed by atoms with Crippen LogP contribution in [0.15, 0.2) is 58.4 Å². The Morgan fingerprint density at radius 2 is 2.10 bits per heavy atom. The van der Waals surface area contributed by atoms with Crippen LogP contribution in [0.2, 0.25) is 0 Å². The van der Waals surface area contributed by atoms with Crippen molar-refractivity contribution in [3.05, 3.63) is 66.1 Å². The molecule has 0 bridgehead atoms. The van der Waals surface area contributed by atoms with Crippen molar-refractivity contribution in [2.75, 3.05) is 13.2 Å². The van der Waals surface area contributed by atoms with Gasteiger partial charge in [0.2, 0.25) is 0 Å². The maximum Gasteiger partial charge on any atom is 0.192 e. The van der Waals surface area contributed by atoms with Gasteiger partial charge in [0.1, 0.15) is 23.7 Å². The Bertz CT molecular complexity index is 1000. The molecule has 0 saturated heterocycles. The summed E-state index contributed by atoms with van der Waals surface area (Å²) >= 11 is 0. The Morgan fingerprint density at radius 3 is 3.00 bits per heavy atom. The van der Waals surface area contributed by atoms with Crippen molar-refractivity contribution in [2.24, 2.45) is 4.99 Å². The van der Waals surface area contributed by atoms with Crippen molar-refractivity contribution in [2.45, 2.75) is 44.3 Å². The van der Waals surface area contributed by atoms with Crippen LogP contribution in [0.4, 0.5) is 0 Å². The van der Waals surface area contributed by atoms with Crippen LogP contribution < -0.4 is 15.4 Å². The molecule has 8 nitrogen and oxygen atoms in total. The molecule has 0 amide bonds. The van der Waals surface area contributed by atoms with Crippen LogP contribution in [0.1, 0.15) is 36.0 Å². The highest BCUT2D eigenvalue weighted by Crippen LogP contribution is 2.31. The van der Waals surface area contributed by atoms with Gasteiger partial charge in [0.05, 0.1) is 25.5 Å². The minimum atomic E-state index is 0. The third-order valence-electron chi connectivity index (χ3n) is 5.62. The van der Waals surface area contributed by atoms with E-state index in [1.165, 1.54) is 5.56 Å². The molecule has 9 heteroatoms. The van der Waals surface area contributed by atoms with Gasteiger partial charge in [-0.25, -0.2) is 9.67 Å². The van der Waals surface area contributed by atoms with E-state index in [4.69, 9.17) is 14.1 Å². The van der Waals surface area contributed by atoms with Gasteiger partial charge in [0.15, 0.2) is 5.96 Å². The lowest BCUT2D eigenvalue weighted by Gasteiger charge is -2.30. The molecule has 0 aliphatic carbocycles. The van der Waals surface area contributed by atoms with E-state index >= 15 is 0 Å². The van der Waals surface area contributed by atoms with Gasteiger partial charge in [0.25, 0.3) is 0 Å². The predicted octanol–water partition coefficient (Wildman–Crippen LogP) is 3.11. The fourth-order valence-corrected chi connectivity index (χ4v) is 4.07. The summed E-state index contributed by atoms with van der Waals surface area (Å²) in [6, 6.07) is 12.5. The highest BCUT2D eigenvalue weighted by Gasteiger charge is 2.25. The van der Waals surface area contributed by atoms with Crippen molar-refractivity contribution < 1.29 is 9.15 Å². The first-order valence-electron chi connectivity index (χ1n) is 10.5. The maximum atomic E-state index is 5.81. The molecule has 2 aliphatic rings. The first-order chi connectivity index (χ1) is 14.8. The monoisotopic (exact) mass is 534 g/mol. The van der Waals surface area contributed by atoms with E-state index < -0.39 is 0 Å². The molecule has 2 unspecified atom stereocenters. The van der Waals surface area contributed by atoms with E-state index in [2.05, 4.69) is 32.8 Å². The lowest BCUT2D eigenvalue weighted by atomic mass is 10.0. The van der Waals surface area contributed by atoms with Crippen LogP contribution in [-0.4, -0.2) is 39.9 Å². The molecule has 5 rings (SSSR count). The van der Waals surface area contributed by atoms with E-state index in [1.807, 2.05) is 28.9 Å². The summed E-state index contributed by atoms with van der Waals surface area (Å²) in [5.41, 5.74) is 1.17. The summed E-state index contributed by atoms with van der Waals surface area (Å²) in [7, 11) is 0. The summed E-state index contributed by atoms with van der Waals surface area (Å²) in [5, 5.41) is 11.6. The number of benzene rings is 1. The first kappa shape index (κ1) is 21.7. The third-order valence-corrected chi connectivity index (χ3v) is 5.62. The molecule has 0 spiro atoms. The molecule has 0 saturated carbocycles. The van der Waals surface area contributed by atoms with Crippen molar-refractivity contribution in [3.63, 3.8) is 0 Å². The highest BCUT2D eigenvalue weighted by molar-refractivity contribution is 14.0. The number of hydrogen-bond donors (Lipinski definition) is 2. The zero-order valence-corrected chi connectivity index (χ0v) is 19.6. The number of nitrogens with zero attached hydrogens (tertiary/aromatic N) is 4. The van der Waals surface area contributed by atoms with Crippen LogP contribution in [0.3, 0.4) is 0 Å². The van der Waals surface area contributed by atoms with Gasteiger partial charge >= 0.3 is 0 Å². The molecule has 0 radical (unpaired) electrons. The lowest BCUT2D eigenvalue weighted by Crippen LogP contribution is -2.48. The van der Waals surface area contributed by atoms with Gasteiger partial charge in [-0.3, -0.25) is 4.99 Å². The normalized spacial score (nSPS) is 20.1. The van der Waals surface area contributed by atoms with Crippen molar-refractivity contribution in [1.29, 1.82) is 0 Å². The highest BCUT2D eigenvalue weighted by atomic mass is 127. The second-order valence-corrected chi connectivity index (χ2v) is 7.67. The first-order valence-corrected chi connectivity index (χ1v) is 10.5. The number of nitrogens with one attached hydrogen (secondary N) is 2. The minimum Gasteiger partial charge on any atom is -0.493 e. The van der Waals surface area contributed by atoms with Crippen LogP contribution in [0, 0.1) is 0 Å². The van der Waals surface area contributed by atoms with Crippen LogP contribution in [-0.2, 0) is 19.4 Å². The predicted molar refractivity (Wildman–Crippen MR) is 128 cm³/mol. The summed E-state index contributed by atoms with van der Waals surface area (Å²) in [4.78, 5) is 9.17. The van der Waals surface area contributed by atoms with Crippen LogP contribution >= 0.6 is 24.0 Å². The van der Waals surface area contributed by atoms with E-state index in [9.17, 15) is 0 Å². The topological polar surface area (TPSA) is 89.5 Å². The molecular formula is C22H27IN6O2. The van der Waals surface area contributed by atoms with Crippen LogP contribution in [0.5, 0.6) is 5.75 Å². The van der Waals surface area contributed by atoms with E-state index in [0.717, 1.165) is 55.5 Å². The fourth-order valence-electron chi connectivity index (χ4n) is 4.07. The number of hydrogen-bond acceptors (Lipinski definition) is 5. The summed E-state index contributed by atoms with van der Waals surface area (Å²) in [5.74, 6) is 3.76. The van der Waals surface area contributed by atoms with E-state index in [0.29, 0.717) is 13.2 Å². The van der Waals surface area contributed by atoms with Crippen molar-refractivity contribution in [3.8, 4) is 5.75 Å². The molecule has 2 aliphatic heterocycles. The standard InChI is InChI=1S/C22H26N6O2.HI/c1-2-6-20-18(5-1)19(10-13-30-20)27-22(23-11-9-17-4-3-12-29-17)26-16-7-8-21-24-15-25-28(21)14-16;/h1-6,12,15-16,19H,7-11,13-14H2,(H2,23,26,27);1H. The van der Waals surface area contributed by atoms with Gasteiger partial charge in [-0.1, -0.05) is 18.2 Å². The number of guanidine groups is 1. The second-order valence-electron chi connectivity index (χ2n) is 7.67. The van der Waals surface area contributed by atoms with Gasteiger partial charge < -0.3 is 19.8 Å². The molecule has 1 aromatic carbocycles. The number of rotatable bonds is 5.